The number of benzene rings is 1. The van der Waals surface area contributed by atoms with E-state index in [0.29, 0.717) is 6.61 Å². The van der Waals surface area contributed by atoms with Crippen molar-refractivity contribution in [1.82, 2.24) is 0 Å². The van der Waals surface area contributed by atoms with Gasteiger partial charge in [-0.2, -0.15) is 0 Å². The van der Waals surface area contributed by atoms with Crippen LogP contribution in [0.4, 0.5) is 0 Å². The first kappa shape index (κ1) is 11.8. The third kappa shape index (κ3) is 5.23. The zero-order chi connectivity index (χ0) is 10.9. The van der Waals surface area contributed by atoms with Crippen LogP contribution in [0.1, 0.15) is 18.9 Å². The van der Waals surface area contributed by atoms with Gasteiger partial charge in [0, 0.05) is 0 Å². The molecule has 0 aliphatic heterocycles. The molecule has 0 N–H and O–H groups in total. The molecule has 15 heavy (non-hydrogen) atoms. The fraction of sp³-hybridized carbons (Fsp3) is 0.385. The zero-order valence-corrected chi connectivity index (χ0v) is 9.40. The lowest BCUT2D eigenvalue weighted by Gasteiger charge is -2.04. The van der Waals surface area contributed by atoms with Gasteiger partial charge in [0.15, 0.2) is 0 Å². The van der Waals surface area contributed by atoms with Crippen molar-refractivity contribution < 1.29 is 9.47 Å². The highest BCUT2D eigenvalue weighted by atomic mass is 16.5. The molecular weight excluding hydrogens is 188 g/mol. The molecule has 1 aromatic carbocycles. The molecule has 2 heteroatoms. The largest absolute Gasteiger partial charge is 0.504 e. The van der Waals surface area contributed by atoms with E-state index in [2.05, 4.69) is 12.1 Å². The van der Waals surface area contributed by atoms with Crippen LogP contribution in [0.25, 0.3) is 0 Å². The van der Waals surface area contributed by atoms with Gasteiger partial charge in [-0.3, -0.25) is 0 Å². The van der Waals surface area contributed by atoms with Gasteiger partial charge >= 0.3 is 0 Å². The van der Waals surface area contributed by atoms with Gasteiger partial charge in [-0.25, -0.2) is 0 Å². The van der Waals surface area contributed by atoms with Gasteiger partial charge in [-0.15, -0.1) is 0 Å². The summed E-state index contributed by atoms with van der Waals surface area (Å²) in [6.07, 6.45) is 2.67. The normalized spacial score (nSPS) is 11.5. The van der Waals surface area contributed by atoms with Crippen molar-refractivity contribution >= 4 is 0 Å². The maximum absolute atomic E-state index is 5.54. The van der Waals surface area contributed by atoms with Gasteiger partial charge in [0.1, 0.15) is 0 Å². The second-order valence-corrected chi connectivity index (χ2v) is 3.49. The summed E-state index contributed by atoms with van der Waals surface area (Å²) in [5.41, 5.74) is 2.41. The van der Waals surface area contributed by atoms with Crippen molar-refractivity contribution in [2.45, 2.75) is 20.0 Å². The van der Waals surface area contributed by atoms with Gasteiger partial charge in [0.2, 0.25) is 0 Å². The molecule has 0 bridgehead atoms. The lowest BCUT2D eigenvalue weighted by atomic mass is 10.2. The maximum atomic E-state index is 5.54. The van der Waals surface area contributed by atoms with Crippen molar-refractivity contribution in [2.24, 2.45) is 0 Å². The number of hydrogen-bond donors (Lipinski definition) is 0. The first-order valence-electron chi connectivity index (χ1n) is 5.13. The Kier molecular flexibility index (Phi) is 5.56. The number of ether oxygens (including phenoxy) is 2. The zero-order valence-electron chi connectivity index (χ0n) is 9.40. The van der Waals surface area contributed by atoms with Crippen LogP contribution in [0.3, 0.4) is 0 Å². The summed E-state index contributed by atoms with van der Waals surface area (Å²) >= 11 is 0. The Bertz CT molecular complexity index is 291. The van der Waals surface area contributed by atoms with Crippen LogP contribution >= 0.6 is 0 Å². The van der Waals surface area contributed by atoms with Crippen molar-refractivity contribution in [3.63, 3.8) is 0 Å². The minimum absolute atomic E-state index is 0.682. The Balaban J connectivity index is 2.15. The van der Waals surface area contributed by atoms with Crippen LogP contribution in [0.2, 0.25) is 0 Å². The summed E-state index contributed by atoms with van der Waals surface area (Å²) in [6, 6.07) is 10.2. The third-order valence-electron chi connectivity index (χ3n) is 2.07. The lowest BCUT2D eigenvalue weighted by molar-refractivity contribution is 0.123. The van der Waals surface area contributed by atoms with E-state index in [1.807, 2.05) is 25.1 Å². The molecule has 2 nitrogen and oxygen atoms in total. The summed E-state index contributed by atoms with van der Waals surface area (Å²) in [6.45, 7) is 3.46. The Morgan fingerprint density at radius 1 is 1.27 bits per heavy atom. The SMILES string of the molecule is COC=C(C)CCOCc1ccccc1. The highest BCUT2D eigenvalue weighted by Gasteiger charge is 1.93. The highest BCUT2D eigenvalue weighted by Crippen LogP contribution is 2.04. The number of methoxy groups -OCH3 is 1. The van der Waals surface area contributed by atoms with E-state index in [1.54, 1.807) is 13.4 Å². The van der Waals surface area contributed by atoms with Crippen LogP contribution in [-0.4, -0.2) is 13.7 Å². The topological polar surface area (TPSA) is 18.5 Å². The summed E-state index contributed by atoms with van der Waals surface area (Å²) in [7, 11) is 1.66. The van der Waals surface area contributed by atoms with Gasteiger partial charge in [0.05, 0.1) is 26.6 Å². The molecule has 0 unspecified atom stereocenters. The van der Waals surface area contributed by atoms with Gasteiger partial charge in [0.25, 0.3) is 0 Å². The predicted octanol–water partition coefficient (Wildman–Crippen LogP) is 3.14. The Hall–Kier alpha value is -1.28. The smallest absolute Gasteiger partial charge is 0.0814 e. The van der Waals surface area contributed by atoms with Crippen LogP contribution in [-0.2, 0) is 16.1 Å². The summed E-state index contributed by atoms with van der Waals surface area (Å²) in [4.78, 5) is 0. The second kappa shape index (κ2) is 7.07. The first-order valence-corrected chi connectivity index (χ1v) is 5.13. The molecule has 1 rings (SSSR count). The minimum Gasteiger partial charge on any atom is -0.504 e. The van der Waals surface area contributed by atoms with E-state index in [-0.39, 0.29) is 0 Å². The Labute approximate surface area is 91.5 Å². The number of rotatable bonds is 6. The second-order valence-electron chi connectivity index (χ2n) is 3.49. The average Bonchev–Trinajstić information content (AvgIpc) is 2.26. The van der Waals surface area contributed by atoms with Crippen LogP contribution in [0, 0.1) is 0 Å². The van der Waals surface area contributed by atoms with Crippen LogP contribution in [0.15, 0.2) is 42.2 Å². The summed E-state index contributed by atoms with van der Waals surface area (Å²) in [5, 5.41) is 0. The molecule has 0 radical (unpaired) electrons. The van der Waals surface area contributed by atoms with Gasteiger partial charge < -0.3 is 9.47 Å². The summed E-state index contributed by atoms with van der Waals surface area (Å²) in [5.74, 6) is 0. The molecule has 0 amide bonds. The molecule has 0 spiro atoms. The van der Waals surface area contributed by atoms with E-state index in [9.17, 15) is 0 Å². The van der Waals surface area contributed by atoms with E-state index in [4.69, 9.17) is 9.47 Å². The minimum atomic E-state index is 0.682. The van der Waals surface area contributed by atoms with Crippen LogP contribution in [0.5, 0.6) is 0 Å². The fourth-order valence-electron chi connectivity index (χ4n) is 1.26. The van der Waals surface area contributed by atoms with E-state index in [1.165, 1.54) is 11.1 Å². The molecule has 0 aliphatic carbocycles. The van der Waals surface area contributed by atoms with Crippen molar-refractivity contribution in [3.8, 4) is 0 Å². The predicted molar refractivity (Wildman–Crippen MR) is 61.5 cm³/mol. The molecule has 0 saturated heterocycles. The Morgan fingerprint density at radius 3 is 2.67 bits per heavy atom. The van der Waals surface area contributed by atoms with Crippen molar-refractivity contribution in [1.29, 1.82) is 0 Å². The van der Waals surface area contributed by atoms with Crippen molar-refractivity contribution in [3.05, 3.63) is 47.7 Å². The van der Waals surface area contributed by atoms with E-state index < -0.39 is 0 Å². The molecule has 0 aliphatic rings. The third-order valence-corrected chi connectivity index (χ3v) is 2.07. The molecule has 1 aromatic rings. The van der Waals surface area contributed by atoms with Gasteiger partial charge in [-0.1, -0.05) is 30.3 Å². The van der Waals surface area contributed by atoms with E-state index >= 15 is 0 Å². The first-order chi connectivity index (χ1) is 7.33. The molecular formula is C13H18O2. The number of hydrogen-bond acceptors (Lipinski definition) is 2. The van der Waals surface area contributed by atoms with E-state index in [0.717, 1.165) is 13.0 Å². The lowest BCUT2D eigenvalue weighted by Crippen LogP contribution is -1.96. The monoisotopic (exact) mass is 206 g/mol. The molecule has 0 atom stereocenters. The quantitative estimate of drug-likeness (QED) is 0.526. The van der Waals surface area contributed by atoms with Crippen LogP contribution < -0.4 is 0 Å². The molecule has 0 saturated carbocycles. The molecule has 82 valence electrons. The van der Waals surface area contributed by atoms with Gasteiger partial charge in [-0.05, 0) is 24.5 Å². The highest BCUT2D eigenvalue weighted by molar-refractivity contribution is 5.13. The molecule has 0 fully saturated rings. The Morgan fingerprint density at radius 2 is 2.00 bits per heavy atom. The van der Waals surface area contributed by atoms with Crippen molar-refractivity contribution in [2.75, 3.05) is 13.7 Å². The standard InChI is InChI=1S/C13H18O2/c1-12(10-14-2)8-9-15-11-13-6-4-3-5-7-13/h3-7,10H,8-9,11H2,1-2H3. The fourth-order valence-corrected chi connectivity index (χ4v) is 1.26. The molecule has 0 heterocycles. The average molecular weight is 206 g/mol. The molecule has 0 aromatic heterocycles. The summed E-state index contributed by atoms with van der Waals surface area (Å²) < 4.78 is 10.4. The maximum Gasteiger partial charge on any atom is 0.0814 e.